The highest BCUT2D eigenvalue weighted by Crippen LogP contribution is 2.28. The number of aryl methyl sites for hydroxylation is 2. The zero-order valence-electron chi connectivity index (χ0n) is 15.0. The summed E-state index contributed by atoms with van der Waals surface area (Å²) in [4.78, 5) is 9.27. The van der Waals surface area contributed by atoms with Gasteiger partial charge in [-0.2, -0.15) is 0 Å². The second-order valence-corrected chi connectivity index (χ2v) is 6.60. The molecule has 0 aromatic heterocycles. The molecular weight excluding hydrogens is 322 g/mol. The molecule has 0 amide bonds. The number of hydrogen-bond acceptors (Lipinski definition) is 3. The predicted molar refractivity (Wildman–Crippen MR) is 104 cm³/mol. The minimum absolute atomic E-state index is 0.108. The van der Waals surface area contributed by atoms with E-state index in [-0.39, 0.29) is 6.61 Å². The van der Waals surface area contributed by atoms with E-state index in [1.807, 2.05) is 23.0 Å². The normalized spacial score (nSPS) is 11.2. The largest absolute Gasteiger partial charge is 0.395 e. The molecule has 0 fully saturated rings. The monoisotopic (exact) mass is 343 g/mol. The summed E-state index contributed by atoms with van der Waals surface area (Å²) in [6.45, 7) is 4.93. The maximum absolute atomic E-state index is 9.07. The second-order valence-electron chi connectivity index (χ2n) is 6.60. The third kappa shape index (κ3) is 3.11. The Morgan fingerprint density at radius 1 is 0.808 bits per heavy atom. The van der Waals surface area contributed by atoms with Crippen LogP contribution in [0, 0.1) is 13.8 Å². The highest BCUT2D eigenvalue weighted by Gasteiger charge is 2.12. The average molecular weight is 343 g/mol. The van der Waals surface area contributed by atoms with Crippen LogP contribution in [0.2, 0.25) is 0 Å². The Morgan fingerprint density at radius 3 is 2.23 bits per heavy atom. The molecule has 0 spiro atoms. The van der Waals surface area contributed by atoms with Crippen molar-refractivity contribution >= 4 is 0 Å². The van der Waals surface area contributed by atoms with Gasteiger partial charge in [0.15, 0.2) is 5.82 Å². The summed E-state index contributed by atoms with van der Waals surface area (Å²) in [5.74, 6) is 0.730. The summed E-state index contributed by atoms with van der Waals surface area (Å²) in [5, 5.41) is 9.07. The molecule has 130 valence electrons. The van der Waals surface area contributed by atoms with Gasteiger partial charge in [0, 0.05) is 24.5 Å². The first kappa shape index (κ1) is 16.5. The molecule has 4 nitrogen and oxygen atoms in total. The fraction of sp³-hybridized carbons (Fsp3) is 0.182. The minimum atomic E-state index is 0.108. The van der Waals surface area contributed by atoms with Crippen molar-refractivity contribution in [3.8, 4) is 33.9 Å². The van der Waals surface area contributed by atoms with Crippen LogP contribution in [0.15, 0.2) is 60.9 Å². The van der Waals surface area contributed by atoms with E-state index in [2.05, 4.69) is 66.3 Å². The van der Waals surface area contributed by atoms with E-state index in [0.29, 0.717) is 6.54 Å². The molecule has 2 aromatic carbocycles. The van der Waals surface area contributed by atoms with Crippen molar-refractivity contribution in [2.75, 3.05) is 6.61 Å². The molecule has 0 aliphatic carbocycles. The standard InChI is InChI=1S/C22H21N3O/c1-15-3-4-19(13-16(15)2)17-5-7-18(8-6-17)22-23-20-9-10-25(11-12-26)14-21(20)24-22/h3-10,13-14,26H,11-12H2,1-2H3. The number of benzene rings is 2. The molecule has 2 heterocycles. The number of nitrogens with zero attached hydrogens (tertiary/aromatic N) is 3. The molecule has 0 radical (unpaired) electrons. The number of imidazole rings is 1. The molecule has 0 atom stereocenters. The van der Waals surface area contributed by atoms with Gasteiger partial charge in [0.05, 0.1) is 12.3 Å². The Labute approximate surface area is 153 Å². The van der Waals surface area contributed by atoms with Crippen LogP contribution in [0.4, 0.5) is 0 Å². The SMILES string of the molecule is Cc1ccc(-c2ccc(-c3nc4ccn(CCO)cc-4n3)cc2)cc1C. The molecule has 2 aliphatic heterocycles. The lowest BCUT2D eigenvalue weighted by atomic mass is 9.99. The van der Waals surface area contributed by atoms with Gasteiger partial charge >= 0.3 is 0 Å². The number of hydrogen-bond donors (Lipinski definition) is 1. The van der Waals surface area contributed by atoms with Crippen molar-refractivity contribution in [3.63, 3.8) is 0 Å². The van der Waals surface area contributed by atoms with Gasteiger partial charge in [0.2, 0.25) is 0 Å². The van der Waals surface area contributed by atoms with Gasteiger partial charge in [-0.1, -0.05) is 42.5 Å². The maximum Gasteiger partial charge on any atom is 0.160 e. The van der Waals surface area contributed by atoms with E-state index < -0.39 is 0 Å². The molecular formula is C22H21N3O. The molecule has 0 saturated heterocycles. The van der Waals surface area contributed by atoms with Crippen molar-refractivity contribution in [1.29, 1.82) is 0 Å². The van der Waals surface area contributed by atoms with Crippen molar-refractivity contribution < 1.29 is 5.11 Å². The summed E-state index contributed by atoms with van der Waals surface area (Å²) in [5.41, 5.74) is 7.73. The van der Waals surface area contributed by atoms with Gasteiger partial charge in [0.1, 0.15) is 5.69 Å². The molecule has 0 saturated carbocycles. The van der Waals surface area contributed by atoms with Gasteiger partial charge in [-0.05, 0) is 42.2 Å². The Bertz CT molecular complexity index is 1020. The molecule has 2 aromatic rings. The summed E-state index contributed by atoms with van der Waals surface area (Å²) >= 11 is 0. The Morgan fingerprint density at radius 2 is 1.50 bits per heavy atom. The van der Waals surface area contributed by atoms with E-state index in [0.717, 1.165) is 22.8 Å². The lowest BCUT2D eigenvalue weighted by Crippen LogP contribution is -2.02. The lowest BCUT2D eigenvalue weighted by molar-refractivity contribution is 0.276. The van der Waals surface area contributed by atoms with Crippen molar-refractivity contribution in [2.45, 2.75) is 20.4 Å². The van der Waals surface area contributed by atoms with E-state index in [4.69, 9.17) is 5.11 Å². The summed E-state index contributed by atoms with van der Waals surface area (Å²) < 4.78 is 1.92. The molecule has 1 N–H and O–H groups in total. The molecule has 4 rings (SSSR count). The first-order valence-corrected chi connectivity index (χ1v) is 8.76. The van der Waals surface area contributed by atoms with Crippen LogP contribution >= 0.6 is 0 Å². The molecule has 0 unspecified atom stereocenters. The van der Waals surface area contributed by atoms with Crippen LogP contribution < -0.4 is 0 Å². The third-order valence-corrected chi connectivity index (χ3v) is 4.77. The van der Waals surface area contributed by atoms with E-state index in [1.165, 1.54) is 22.3 Å². The highest BCUT2D eigenvalue weighted by atomic mass is 16.3. The summed E-state index contributed by atoms with van der Waals surface area (Å²) in [6.07, 6.45) is 3.84. The van der Waals surface area contributed by atoms with Crippen molar-refractivity contribution in [1.82, 2.24) is 14.5 Å². The second kappa shape index (κ2) is 6.73. The van der Waals surface area contributed by atoms with Crippen molar-refractivity contribution in [3.05, 3.63) is 72.1 Å². The third-order valence-electron chi connectivity index (χ3n) is 4.77. The van der Waals surface area contributed by atoms with E-state index in [9.17, 15) is 0 Å². The Hall–Kier alpha value is -2.98. The van der Waals surface area contributed by atoms with E-state index >= 15 is 0 Å². The zero-order chi connectivity index (χ0) is 18.1. The number of aromatic nitrogens is 3. The van der Waals surface area contributed by atoms with Crippen LogP contribution in [0.3, 0.4) is 0 Å². The van der Waals surface area contributed by atoms with Crippen LogP contribution in [0.25, 0.3) is 33.9 Å². The number of aliphatic hydroxyl groups excluding tert-OH is 1. The van der Waals surface area contributed by atoms with Gasteiger partial charge in [-0.3, -0.25) is 0 Å². The first-order valence-electron chi connectivity index (χ1n) is 8.76. The lowest BCUT2D eigenvalue weighted by Gasteiger charge is -2.06. The zero-order valence-corrected chi connectivity index (χ0v) is 15.0. The predicted octanol–water partition coefficient (Wildman–Crippen LogP) is 4.33. The summed E-state index contributed by atoms with van der Waals surface area (Å²) in [7, 11) is 0. The Kier molecular flexibility index (Phi) is 4.27. The van der Waals surface area contributed by atoms with Gasteiger partial charge in [0.25, 0.3) is 0 Å². The maximum atomic E-state index is 9.07. The molecule has 0 bridgehead atoms. The Balaban J connectivity index is 1.65. The number of pyridine rings is 1. The topological polar surface area (TPSA) is 50.9 Å². The van der Waals surface area contributed by atoms with Crippen LogP contribution in [-0.4, -0.2) is 26.2 Å². The highest BCUT2D eigenvalue weighted by molar-refractivity contribution is 5.71. The number of aliphatic hydroxyl groups is 1. The smallest absolute Gasteiger partial charge is 0.160 e. The van der Waals surface area contributed by atoms with Crippen LogP contribution in [0.5, 0.6) is 0 Å². The number of rotatable bonds is 4. The van der Waals surface area contributed by atoms with E-state index in [1.54, 1.807) is 0 Å². The average Bonchev–Trinajstić information content (AvgIpc) is 3.08. The quantitative estimate of drug-likeness (QED) is 0.600. The number of fused-ring (bicyclic) bond motifs is 1. The van der Waals surface area contributed by atoms with Crippen LogP contribution in [-0.2, 0) is 6.54 Å². The van der Waals surface area contributed by atoms with Gasteiger partial charge < -0.3 is 9.67 Å². The molecule has 26 heavy (non-hydrogen) atoms. The summed E-state index contributed by atoms with van der Waals surface area (Å²) in [6, 6.07) is 16.8. The van der Waals surface area contributed by atoms with Crippen LogP contribution in [0.1, 0.15) is 11.1 Å². The fourth-order valence-electron chi connectivity index (χ4n) is 3.07. The molecule has 4 heteroatoms. The first-order chi connectivity index (χ1) is 12.6. The molecule has 2 aliphatic rings. The van der Waals surface area contributed by atoms with Gasteiger partial charge in [-0.25, -0.2) is 9.97 Å². The van der Waals surface area contributed by atoms with Gasteiger partial charge in [-0.15, -0.1) is 0 Å². The minimum Gasteiger partial charge on any atom is -0.395 e. The van der Waals surface area contributed by atoms with Crippen molar-refractivity contribution in [2.24, 2.45) is 0 Å². The fourth-order valence-corrected chi connectivity index (χ4v) is 3.07.